The van der Waals surface area contributed by atoms with Crippen molar-refractivity contribution >= 4 is 5.97 Å². The Morgan fingerprint density at radius 3 is 1.73 bits per heavy atom. The number of para-hydroxylation sites is 2. The van der Waals surface area contributed by atoms with E-state index in [9.17, 15) is 4.79 Å². The van der Waals surface area contributed by atoms with E-state index in [1.54, 1.807) is 32.1 Å². The van der Waals surface area contributed by atoms with E-state index in [-0.39, 0.29) is 11.5 Å². The summed E-state index contributed by atoms with van der Waals surface area (Å²) in [7, 11) is 0. The number of carboxylic acid groups (broad SMARTS) is 1. The molecule has 0 bridgehead atoms. The topological polar surface area (TPSA) is 77.8 Å². The highest BCUT2D eigenvalue weighted by Crippen LogP contribution is 2.21. The highest BCUT2D eigenvalue weighted by atomic mass is 16.4. The van der Waals surface area contributed by atoms with Crippen molar-refractivity contribution in [2.75, 3.05) is 0 Å². The number of carboxylic acids is 1. The lowest BCUT2D eigenvalue weighted by molar-refractivity contribution is -0.132. The molecule has 4 heteroatoms. The van der Waals surface area contributed by atoms with E-state index in [0.29, 0.717) is 5.57 Å². The Hall–Kier alpha value is -1.97. The molecular weight excluding hydrogens is 196 g/mol. The maximum atomic E-state index is 9.86. The SMILES string of the molecule is CC=C(C)C(=O)O.Oc1ccccc1O. The Bertz CT molecular complexity index is 334. The molecule has 0 aliphatic carbocycles. The fourth-order valence-electron chi connectivity index (χ4n) is 0.588. The zero-order valence-corrected chi connectivity index (χ0v) is 8.64. The van der Waals surface area contributed by atoms with Gasteiger partial charge in [-0.25, -0.2) is 4.79 Å². The van der Waals surface area contributed by atoms with Gasteiger partial charge in [0.05, 0.1) is 0 Å². The van der Waals surface area contributed by atoms with Gasteiger partial charge in [-0.05, 0) is 26.0 Å². The van der Waals surface area contributed by atoms with Crippen molar-refractivity contribution in [3.63, 3.8) is 0 Å². The van der Waals surface area contributed by atoms with Gasteiger partial charge in [0, 0.05) is 5.57 Å². The summed E-state index contributed by atoms with van der Waals surface area (Å²) in [6, 6.07) is 6.15. The molecule has 0 radical (unpaired) electrons. The van der Waals surface area contributed by atoms with Gasteiger partial charge in [-0.2, -0.15) is 0 Å². The summed E-state index contributed by atoms with van der Waals surface area (Å²) in [6.07, 6.45) is 1.56. The monoisotopic (exact) mass is 210 g/mol. The van der Waals surface area contributed by atoms with Crippen LogP contribution in [-0.2, 0) is 4.79 Å². The van der Waals surface area contributed by atoms with Gasteiger partial charge in [-0.15, -0.1) is 0 Å². The van der Waals surface area contributed by atoms with Crippen molar-refractivity contribution in [2.24, 2.45) is 0 Å². The number of hydrogen-bond acceptors (Lipinski definition) is 3. The van der Waals surface area contributed by atoms with E-state index in [1.165, 1.54) is 12.1 Å². The smallest absolute Gasteiger partial charge is 0.330 e. The Morgan fingerprint density at radius 2 is 1.60 bits per heavy atom. The van der Waals surface area contributed by atoms with Crippen molar-refractivity contribution in [1.82, 2.24) is 0 Å². The van der Waals surface area contributed by atoms with E-state index < -0.39 is 5.97 Å². The summed E-state index contributed by atoms with van der Waals surface area (Å²) in [5.74, 6) is -0.998. The quantitative estimate of drug-likeness (QED) is 0.490. The third-order valence-corrected chi connectivity index (χ3v) is 1.65. The summed E-state index contributed by atoms with van der Waals surface area (Å²) in [5.41, 5.74) is 0.389. The van der Waals surface area contributed by atoms with E-state index in [2.05, 4.69) is 0 Å². The first-order valence-corrected chi connectivity index (χ1v) is 4.32. The summed E-state index contributed by atoms with van der Waals surface area (Å²) >= 11 is 0. The van der Waals surface area contributed by atoms with Gasteiger partial charge >= 0.3 is 5.97 Å². The highest BCUT2D eigenvalue weighted by Gasteiger charge is 1.93. The largest absolute Gasteiger partial charge is 0.504 e. The maximum absolute atomic E-state index is 9.86. The van der Waals surface area contributed by atoms with Gasteiger partial charge in [-0.1, -0.05) is 18.2 Å². The molecule has 82 valence electrons. The highest BCUT2D eigenvalue weighted by molar-refractivity contribution is 5.85. The van der Waals surface area contributed by atoms with E-state index in [4.69, 9.17) is 15.3 Å². The predicted molar refractivity (Wildman–Crippen MR) is 56.8 cm³/mol. The Kier molecular flexibility index (Phi) is 5.63. The molecule has 0 heterocycles. The summed E-state index contributed by atoms with van der Waals surface area (Å²) in [5, 5.41) is 25.5. The molecule has 1 aromatic carbocycles. The lowest BCUT2D eigenvalue weighted by Gasteiger charge is -1.91. The fourth-order valence-corrected chi connectivity index (χ4v) is 0.588. The third kappa shape index (κ3) is 5.36. The van der Waals surface area contributed by atoms with Gasteiger partial charge in [0.2, 0.25) is 0 Å². The number of phenols is 2. The molecule has 0 saturated carbocycles. The fraction of sp³-hybridized carbons (Fsp3) is 0.182. The van der Waals surface area contributed by atoms with Crippen LogP contribution in [0, 0.1) is 0 Å². The molecule has 0 spiro atoms. The van der Waals surface area contributed by atoms with E-state index >= 15 is 0 Å². The zero-order chi connectivity index (χ0) is 11.8. The van der Waals surface area contributed by atoms with Crippen LogP contribution in [0.1, 0.15) is 13.8 Å². The van der Waals surface area contributed by atoms with Crippen molar-refractivity contribution in [3.8, 4) is 11.5 Å². The molecule has 0 unspecified atom stereocenters. The minimum absolute atomic E-state index is 0.0764. The van der Waals surface area contributed by atoms with Crippen LogP contribution in [0.4, 0.5) is 0 Å². The minimum Gasteiger partial charge on any atom is -0.504 e. The number of phenolic OH excluding ortho intramolecular Hbond substituents is 2. The second-order valence-corrected chi connectivity index (χ2v) is 2.77. The number of hydrogen-bond donors (Lipinski definition) is 3. The number of rotatable bonds is 1. The molecule has 3 N–H and O–H groups in total. The summed E-state index contributed by atoms with van der Waals surface area (Å²) in [4.78, 5) is 9.86. The first kappa shape index (κ1) is 13.0. The Balaban J connectivity index is 0.000000265. The van der Waals surface area contributed by atoms with Crippen molar-refractivity contribution < 1.29 is 20.1 Å². The number of carbonyl (C=O) groups is 1. The van der Waals surface area contributed by atoms with Gasteiger partial charge in [0.25, 0.3) is 0 Å². The first-order valence-electron chi connectivity index (χ1n) is 4.32. The van der Waals surface area contributed by atoms with Crippen LogP contribution in [0.15, 0.2) is 35.9 Å². The molecule has 0 atom stereocenters. The first-order chi connectivity index (χ1) is 6.99. The molecular formula is C11H14O4. The molecule has 1 rings (SSSR count). The number of benzene rings is 1. The molecule has 0 fully saturated rings. The van der Waals surface area contributed by atoms with Crippen LogP contribution < -0.4 is 0 Å². The standard InChI is InChI=1S/C6H6O2.C5H8O2/c7-5-3-1-2-4-6(5)8;1-3-4(2)5(6)7/h1-4,7-8H;3H,1-2H3,(H,6,7). The number of aliphatic carboxylic acids is 1. The van der Waals surface area contributed by atoms with Crippen LogP contribution in [0.25, 0.3) is 0 Å². The third-order valence-electron chi connectivity index (χ3n) is 1.65. The summed E-state index contributed by atoms with van der Waals surface area (Å²) < 4.78 is 0. The predicted octanol–water partition coefficient (Wildman–Crippen LogP) is 2.14. The second-order valence-electron chi connectivity index (χ2n) is 2.77. The van der Waals surface area contributed by atoms with Crippen molar-refractivity contribution in [2.45, 2.75) is 13.8 Å². The van der Waals surface area contributed by atoms with Gasteiger partial charge < -0.3 is 15.3 Å². The lowest BCUT2D eigenvalue weighted by Crippen LogP contribution is -1.93. The Labute approximate surface area is 88.1 Å². The minimum atomic E-state index is -0.845. The van der Waals surface area contributed by atoms with Crippen LogP contribution in [0.3, 0.4) is 0 Å². The lowest BCUT2D eigenvalue weighted by atomic mass is 10.3. The van der Waals surface area contributed by atoms with Crippen LogP contribution >= 0.6 is 0 Å². The second kappa shape index (κ2) is 6.48. The molecule has 0 amide bonds. The molecule has 0 aliphatic rings. The number of allylic oxidation sites excluding steroid dienone is 1. The molecule has 0 aromatic heterocycles. The average molecular weight is 210 g/mol. The van der Waals surface area contributed by atoms with E-state index in [1.807, 2.05) is 0 Å². The molecule has 0 saturated heterocycles. The van der Waals surface area contributed by atoms with Gasteiger partial charge in [0.15, 0.2) is 11.5 Å². The van der Waals surface area contributed by atoms with Crippen molar-refractivity contribution in [3.05, 3.63) is 35.9 Å². The molecule has 15 heavy (non-hydrogen) atoms. The molecule has 1 aromatic rings. The normalized spacial score (nSPS) is 10.1. The summed E-state index contributed by atoms with van der Waals surface area (Å²) in [6.45, 7) is 3.26. The van der Waals surface area contributed by atoms with Gasteiger partial charge in [0.1, 0.15) is 0 Å². The molecule has 4 nitrogen and oxygen atoms in total. The van der Waals surface area contributed by atoms with E-state index in [0.717, 1.165) is 0 Å². The average Bonchev–Trinajstić information content (AvgIpc) is 2.22. The Morgan fingerprint density at radius 1 is 1.20 bits per heavy atom. The van der Waals surface area contributed by atoms with Crippen molar-refractivity contribution in [1.29, 1.82) is 0 Å². The molecule has 0 aliphatic heterocycles. The maximum Gasteiger partial charge on any atom is 0.330 e. The zero-order valence-electron chi connectivity index (χ0n) is 8.64. The van der Waals surface area contributed by atoms with Crippen LogP contribution in [0.2, 0.25) is 0 Å². The van der Waals surface area contributed by atoms with Gasteiger partial charge in [-0.3, -0.25) is 0 Å². The number of aromatic hydroxyl groups is 2. The van der Waals surface area contributed by atoms with Crippen LogP contribution in [-0.4, -0.2) is 21.3 Å². The van der Waals surface area contributed by atoms with Crippen LogP contribution in [0.5, 0.6) is 11.5 Å².